The molecular weight excluding hydrogens is 828 g/mol. The molecule has 0 fully saturated rings. The Balaban J connectivity index is 0.000000234. The zero-order chi connectivity index (χ0) is 30.8. The van der Waals surface area contributed by atoms with Crippen LogP contribution in [0.3, 0.4) is 0 Å². The van der Waals surface area contributed by atoms with Crippen molar-refractivity contribution in [3.05, 3.63) is 97.1 Å². The molecule has 10 heteroatoms. The normalized spacial score (nSPS) is 10.8. The zero-order valence-corrected chi connectivity index (χ0v) is 32.5. The van der Waals surface area contributed by atoms with Gasteiger partial charge in [0.2, 0.25) is 0 Å². The van der Waals surface area contributed by atoms with Gasteiger partial charge in [-0.15, -0.1) is 0 Å². The second-order valence-electron chi connectivity index (χ2n) is 9.89. The van der Waals surface area contributed by atoms with Gasteiger partial charge < -0.3 is 0 Å². The Bertz CT molecular complexity index is 1290. The van der Waals surface area contributed by atoms with Crippen molar-refractivity contribution in [3.8, 4) is 11.4 Å². The number of pyridine rings is 4. The van der Waals surface area contributed by atoms with E-state index < -0.39 is 18.4 Å². The molecule has 0 atom stereocenters. The first-order valence-electron chi connectivity index (χ1n) is 14.4. The van der Waals surface area contributed by atoms with Gasteiger partial charge in [0, 0.05) is 6.20 Å². The molecule has 0 saturated carbocycles. The van der Waals surface area contributed by atoms with E-state index in [1.54, 1.807) is 34.2 Å². The van der Waals surface area contributed by atoms with E-state index in [0.717, 1.165) is 9.39 Å². The third-order valence-corrected chi connectivity index (χ3v) is 24.1. The summed E-state index contributed by atoms with van der Waals surface area (Å²) in [5.74, 6) is 0. The summed E-state index contributed by atoms with van der Waals surface area (Å²) in [5.41, 5.74) is 1.33. The molecule has 0 aliphatic rings. The Hall–Kier alpha value is -0.711. The molecule has 4 aromatic heterocycles. The molecule has 0 unspecified atom stereocenters. The van der Waals surface area contributed by atoms with Crippen LogP contribution in [0.5, 0.6) is 0 Å². The van der Waals surface area contributed by atoms with Crippen LogP contribution in [0.25, 0.3) is 11.4 Å². The van der Waals surface area contributed by atoms with Gasteiger partial charge in [-0.05, 0) is 59.0 Å². The van der Waals surface area contributed by atoms with Crippen LogP contribution in [-0.2, 0) is 0 Å². The first-order chi connectivity index (χ1) is 20.3. The minimum Gasteiger partial charge on any atom is -0.255 e. The monoisotopic (exact) mass is 866 g/mol. The average molecular weight is 867 g/mol. The fraction of sp³-hybridized carbons (Fsp3) is 0.375. The molecule has 4 nitrogen and oxygen atoms in total. The van der Waals surface area contributed by atoms with Gasteiger partial charge in [0.15, 0.2) is 0 Å². The fourth-order valence-corrected chi connectivity index (χ4v) is 21.1. The minimum atomic E-state index is -2.21. The summed E-state index contributed by atoms with van der Waals surface area (Å²) in [6.07, 6.45) is 12.0. The first kappa shape index (κ1) is 37.5. The van der Waals surface area contributed by atoms with Crippen LogP contribution >= 0.6 is 69.0 Å². The van der Waals surface area contributed by atoms with E-state index in [-0.39, 0.29) is 0 Å². The van der Waals surface area contributed by atoms with Crippen molar-refractivity contribution >= 4 is 91.1 Å². The van der Waals surface area contributed by atoms with E-state index in [0.29, 0.717) is 26.0 Å². The quantitative estimate of drug-likeness (QED) is 0.0856. The van der Waals surface area contributed by atoms with Crippen LogP contribution in [0, 0.1) is 3.70 Å². The van der Waals surface area contributed by atoms with Gasteiger partial charge in [-0.2, -0.15) is 0 Å². The molecule has 4 rings (SSSR count). The maximum atomic E-state index is 5.97. The molecule has 0 amide bonds. The summed E-state index contributed by atoms with van der Waals surface area (Å²) in [7, 11) is 0. The van der Waals surface area contributed by atoms with Gasteiger partial charge in [-0.25, -0.2) is 9.97 Å². The van der Waals surface area contributed by atoms with Crippen LogP contribution in [0.2, 0.25) is 33.7 Å². The molecule has 4 aromatic rings. The van der Waals surface area contributed by atoms with Gasteiger partial charge in [-0.1, -0.05) is 52.5 Å². The van der Waals surface area contributed by atoms with Crippen molar-refractivity contribution in [1.82, 2.24) is 19.9 Å². The Labute approximate surface area is 289 Å². The maximum Gasteiger partial charge on any atom is 0.130 e. The van der Waals surface area contributed by atoms with Crippen molar-refractivity contribution in [2.45, 2.75) is 72.6 Å². The Kier molecular flexibility index (Phi) is 18.8. The first-order valence-corrected chi connectivity index (χ1v) is 24.5. The van der Waals surface area contributed by atoms with Gasteiger partial charge in [0.05, 0.1) is 15.7 Å². The summed E-state index contributed by atoms with van der Waals surface area (Å²) < 4.78 is 6.83. The van der Waals surface area contributed by atoms with Gasteiger partial charge in [0.25, 0.3) is 0 Å². The second kappa shape index (κ2) is 21.1. The van der Waals surface area contributed by atoms with E-state index >= 15 is 0 Å². The van der Waals surface area contributed by atoms with Crippen LogP contribution in [0.4, 0.5) is 0 Å². The van der Waals surface area contributed by atoms with Crippen molar-refractivity contribution < 1.29 is 0 Å². The molecule has 42 heavy (non-hydrogen) atoms. The molecule has 4 heterocycles. The summed E-state index contributed by atoms with van der Waals surface area (Å²) in [5, 5.41) is 2.08. The average Bonchev–Trinajstić information content (AvgIpc) is 3.02. The minimum absolute atomic E-state index is 0.412. The van der Waals surface area contributed by atoms with E-state index in [1.807, 2.05) is 47.0 Å². The Morgan fingerprint density at radius 1 is 0.619 bits per heavy atom. The summed E-state index contributed by atoms with van der Waals surface area (Å²) >= 11 is 22.7. The van der Waals surface area contributed by atoms with E-state index in [2.05, 4.69) is 53.9 Å². The summed E-state index contributed by atoms with van der Waals surface area (Å²) in [6, 6.07) is 18.9. The summed E-state index contributed by atoms with van der Waals surface area (Å²) in [6.45, 7) is 6.98. The third-order valence-electron chi connectivity index (χ3n) is 6.72. The predicted octanol–water partition coefficient (Wildman–Crippen LogP) is 11.6. The number of nitrogens with zero attached hydrogens (tertiary/aromatic N) is 4. The molecule has 0 aliphatic carbocycles. The number of unbranched alkanes of at least 4 members (excludes halogenated alkanes) is 3. The van der Waals surface area contributed by atoms with Crippen molar-refractivity contribution in [2.24, 2.45) is 0 Å². The van der Waals surface area contributed by atoms with Crippen LogP contribution < -0.4 is 3.71 Å². The molecule has 0 radical (unpaired) electrons. The van der Waals surface area contributed by atoms with Gasteiger partial charge in [0.1, 0.15) is 19.7 Å². The molecule has 0 saturated heterocycles. The van der Waals surface area contributed by atoms with Crippen LogP contribution in [-0.4, -0.2) is 38.3 Å². The molecule has 226 valence electrons. The molecule has 0 bridgehead atoms. The topological polar surface area (TPSA) is 51.6 Å². The largest absolute Gasteiger partial charge is 0.255 e. The van der Waals surface area contributed by atoms with Crippen molar-refractivity contribution in [2.75, 3.05) is 0 Å². The number of halogens is 5. The molecular formula is C32H39Cl4IN4Sn. The van der Waals surface area contributed by atoms with Crippen LogP contribution in [0.1, 0.15) is 59.3 Å². The molecule has 0 N–H and O–H groups in total. The maximum absolute atomic E-state index is 5.97. The van der Waals surface area contributed by atoms with Crippen molar-refractivity contribution in [3.63, 3.8) is 0 Å². The van der Waals surface area contributed by atoms with Crippen molar-refractivity contribution in [1.29, 1.82) is 0 Å². The predicted molar refractivity (Wildman–Crippen MR) is 193 cm³/mol. The SMILES string of the molecule is CCC[CH2][Sn]([CH2]CCC)([CH2]CCC)[c]1ccccn1.Clc1ccc(Cl)c(-c2ccccn2)n1.Clc1ccc(Cl)c(I)n1. The second-order valence-corrected chi connectivity index (χ2v) is 25.6. The standard InChI is InChI=1S/C10H6Cl2N2.C5H2Cl2IN.C5H4N.3C4H9.Sn/c11-7-4-5-9(12)14-10(7)8-3-1-2-6-13-8;6-3-1-2-4(7)9-5(3)8;1-2-4-6-5-3-1;3*1-3-4-2;/h1-6H;1-2H;1-4H;3*1,3-4H2,2H3;. The number of rotatable bonds is 11. The summed E-state index contributed by atoms with van der Waals surface area (Å²) in [4.78, 5) is 17.0. The fourth-order valence-electron chi connectivity index (χ4n) is 4.48. The van der Waals surface area contributed by atoms with E-state index in [1.165, 1.54) is 51.8 Å². The number of aromatic nitrogens is 4. The zero-order valence-electron chi connectivity index (χ0n) is 24.5. The van der Waals surface area contributed by atoms with Gasteiger partial charge in [-0.3, -0.25) is 4.98 Å². The van der Waals surface area contributed by atoms with E-state index in [9.17, 15) is 0 Å². The Morgan fingerprint density at radius 2 is 1.14 bits per heavy atom. The van der Waals surface area contributed by atoms with E-state index in [4.69, 9.17) is 51.4 Å². The smallest absolute Gasteiger partial charge is 0.130 e. The third kappa shape index (κ3) is 13.1. The number of hydrogen-bond donors (Lipinski definition) is 0. The number of hydrogen-bond acceptors (Lipinski definition) is 4. The van der Waals surface area contributed by atoms with Crippen LogP contribution in [0.15, 0.2) is 73.1 Å². The molecule has 0 spiro atoms. The van der Waals surface area contributed by atoms with Gasteiger partial charge >= 0.3 is 124 Å². The molecule has 0 aromatic carbocycles. The Morgan fingerprint density at radius 3 is 1.60 bits per heavy atom. The molecule has 0 aliphatic heterocycles.